The van der Waals surface area contributed by atoms with Crippen LogP contribution >= 0.6 is 0 Å². The minimum Gasteiger partial charge on any atom is -0.381 e. The summed E-state index contributed by atoms with van der Waals surface area (Å²) in [5, 5.41) is 0. The van der Waals surface area contributed by atoms with Gasteiger partial charge in [-0.2, -0.15) is 0 Å². The first-order chi connectivity index (χ1) is 34.7. The number of hydrogen-bond acceptors (Lipinski definition) is 8. The van der Waals surface area contributed by atoms with Crippen LogP contribution in [0.4, 0.5) is 0 Å². The van der Waals surface area contributed by atoms with E-state index in [-0.39, 0.29) is 63.2 Å². The van der Waals surface area contributed by atoms with Crippen LogP contribution in [0.1, 0.15) is 152 Å². The molecule has 12 rings (SSSR count). The van der Waals surface area contributed by atoms with Crippen LogP contribution in [0.5, 0.6) is 0 Å². The van der Waals surface area contributed by atoms with Gasteiger partial charge < -0.3 is 43.1 Å². The molecule has 392 valence electrons. The molecule has 0 atom stereocenters. The minimum atomic E-state index is 0. The Bertz CT molecular complexity index is 4060. The van der Waals surface area contributed by atoms with E-state index in [0.717, 1.165) is 94.7 Å². The van der Waals surface area contributed by atoms with Gasteiger partial charge in [0.1, 0.15) is 6.33 Å². The van der Waals surface area contributed by atoms with Gasteiger partial charge in [0.05, 0.1) is 46.9 Å². The van der Waals surface area contributed by atoms with E-state index in [4.69, 9.17) is 4.98 Å². The Labute approximate surface area is 489 Å². The van der Waals surface area contributed by atoms with Crippen LogP contribution in [0.2, 0.25) is 0 Å². The summed E-state index contributed by atoms with van der Waals surface area (Å²) in [6.45, 7) is 36.3. The predicted molar refractivity (Wildman–Crippen MR) is 297 cm³/mol. The van der Waals surface area contributed by atoms with Crippen molar-refractivity contribution in [2.75, 3.05) is 0 Å². The molecule has 0 N–H and O–H groups in total. The van der Waals surface area contributed by atoms with Crippen LogP contribution in [0.3, 0.4) is 0 Å². The van der Waals surface area contributed by atoms with E-state index >= 15 is 0 Å². The van der Waals surface area contributed by atoms with E-state index < -0.39 is 0 Å². The fourth-order valence-electron chi connectivity index (χ4n) is 9.78. The van der Waals surface area contributed by atoms with Crippen molar-refractivity contribution in [2.45, 2.75) is 141 Å². The Balaban J connectivity index is 0.000000162. The quantitative estimate of drug-likeness (QED) is 0.160. The summed E-state index contributed by atoms with van der Waals surface area (Å²) in [6, 6.07) is 17.4. The molecule has 0 aliphatic carbocycles. The maximum atomic E-state index is 4.88. The summed E-state index contributed by atoms with van der Waals surface area (Å²) in [5.41, 5.74) is 28.1. The molecule has 0 aliphatic heterocycles. The van der Waals surface area contributed by atoms with Crippen molar-refractivity contribution < 1.29 is 63.2 Å². The average molecular weight is 1520 g/mol. The summed E-state index contributed by atoms with van der Waals surface area (Å²) in [5.74, 6) is 1.80. The molecule has 76 heavy (non-hydrogen) atoms. The van der Waals surface area contributed by atoms with Gasteiger partial charge in [-0.3, -0.25) is 4.40 Å². The second kappa shape index (κ2) is 24.0. The van der Waals surface area contributed by atoms with E-state index in [1.807, 2.05) is 39.2 Å². The molecule has 0 saturated carbocycles. The molecule has 4 aromatic carbocycles. The van der Waals surface area contributed by atoms with Crippen molar-refractivity contribution in [1.82, 2.24) is 57.5 Å². The van der Waals surface area contributed by atoms with Crippen molar-refractivity contribution >= 4 is 66.2 Å². The second-order valence-corrected chi connectivity index (χ2v) is 21.0. The normalized spacial score (nSPS) is 11.4. The number of rotatable bonds is 4. The Morgan fingerprint density at radius 1 is 0.342 bits per heavy atom. The molecule has 0 fully saturated rings. The van der Waals surface area contributed by atoms with Crippen LogP contribution < -0.4 is 0 Å². The molecule has 0 radical (unpaired) electrons. The average Bonchev–Trinajstić information content (AvgIpc) is 4.15. The largest absolute Gasteiger partial charge is 0.381 e. The van der Waals surface area contributed by atoms with Crippen molar-refractivity contribution in [3.8, 4) is 0 Å². The molecule has 12 aromatic rings. The van der Waals surface area contributed by atoms with Crippen LogP contribution in [0.25, 0.3) is 66.2 Å². The van der Waals surface area contributed by atoms with E-state index in [0.29, 0.717) is 23.7 Å². The molecule has 0 aliphatic rings. The number of nitrogens with zero attached hydrogens (tertiary/aromatic N) is 12. The first-order valence-corrected chi connectivity index (χ1v) is 25.4. The van der Waals surface area contributed by atoms with Crippen LogP contribution in [-0.2, 0) is 63.2 Å². The third kappa shape index (κ3) is 11.4. The van der Waals surface area contributed by atoms with Gasteiger partial charge in [0.25, 0.3) is 0 Å². The zero-order chi connectivity index (χ0) is 52.3. The van der Waals surface area contributed by atoms with Crippen LogP contribution in [0.15, 0.2) is 73.8 Å². The number of imidazole rings is 4. The van der Waals surface area contributed by atoms with Crippen LogP contribution in [0, 0.1) is 80.9 Å². The maximum absolute atomic E-state index is 4.88. The number of hydrogen-bond donors (Lipinski definition) is 0. The Hall–Kier alpha value is -5.54. The zero-order valence-corrected chi connectivity index (χ0v) is 55.6. The number of aryl methyl sites for hydroxylation is 9. The number of fused-ring (bicyclic) bond motifs is 12. The van der Waals surface area contributed by atoms with Crippen molar-refractivity contribution in [3.63, 3.8) is 0 Å². The molecule has 12 nitrogen and oxygen atoms in total. The maximum Gasteiger partial charge on any atom is 0.100 e. The van der Waals surface area contributed by atoms with Gasteiger partial charge in [0.2, 0.25) is 0 Å². The van der Waals surface area contributed by atoms with Gasteiger partial charge >= 0.3 is 0 Å². The molecule has 0 unspecified atom stereocenters. The molecule has 0 amide bonds. The molecule has 0 saturated heterocycles. The summed E-state index contributed by atoms with van der Waals surface area (Å²) in [4.78, 5) is 35.8. The molecule has 15 heteroatoms. The molecule has 8 aromatic heterocycles. The summed E-state index contributed by atoms with van der Waals surface area (Å²) in [6.07, 6.45) is 16.8. The van der Waals surface area contributed by atoms with Crippen molar-refractivity contribution in [2.24, 2.45) is 0 Å². The summed E-state index contributed by atoms with van der Waals surface area (Å²) >= 11 is 0. The Kier molecular flexibility index (Phi) is 18.9. The standard InChI is InChI=1S/C16H19N3.3C15H16N3.3W/c1-9(2)15-16-12(5)17-8-19(16)14-7-11(4)10(3)6-13(14)18-15;1-9(2)12-6-13-14(5-10(12)3)18-8-17-11(4)15(18)7-16-13;1-9(2)12-6-14-13(5-10(12)3)16-7-15-11(4)17-8-18(14)15;1-9(2)15-14-7-16-12-5-10(3)11(4)6-13(12)18(14)8-17-15;;;/h6-9H,1-5H3;3*5-6,8-9H,1-4H3;;;/q;3*-1;;;. The van der Waals surface area contributed by atoms with E-state index in [2.05, 4.69) is 223 Å². The van der Waals surface area contributed by atoms with Gasteiger partial charge in [-0.05, 0) is 180 Å². The Morgan fingerprint density at radius 3 is 1.21 bits per heavy atom. The smallest absolute Gasteiger partial charge is 0.100 e. The number of benzene rings is 4. The van der Waals surface area contributed by atoms with E-state index in [1.54, 1.807) is 0 Å². The fourth-order valence-corrected chi connectivity index (χ4v) is 9.78. The summed E-state index contributed by atoms with van der Waals surface area (Å²) in [7, 11) is 0. The zero-order valence-electron chi connectivity index (χ0n) is 46.8. The molecule has 0 spiro atoms. The molecule has 0 bridgehead atoms. The molecular weight excluding hydrogens is 1450 g/mol. The molecular formula is C61H67N12W3-3. The van der Waals surface area contributed by atoms with Crippen LogP contribution in [-0.4, -0.2) is 57.5 Å². The topological polar surface area (TPSA) is 121 Å². The van der Waals surface area contributed by atoms with Gasteiger partial charge in [-0.25, -0.2) is 9.97 Å². The van der Waals surface area contributed by atoms with Gasteiger partial charge in [-0.1, -0.05) is 123 Å². The number of aromatic nitrogens is 12. The van der Waals surface area contributed by atoms with Gasteiger partial charge in [-0.15, -0.1) is 0 Å². The second-order valence-electron chi connectivity index (χ2n) is 21.0. The predicted octanol–water partition coefficient (Wildman–Crippen LogP) is 14.2. The first-order valence-electron chi connectivity index (χ1n) is 25.4. The molecule has 8 heterocycles. The SMILES string of the molecule is Cc1cc2c(cc1C(C)C)n[c-]c1c(C)ncn12.Cc1cc2n[c-]c3c(C(C)C)ncn3c2cc1C.Cc1cc2n[c-]c3c(C)ncn3c2cc1C(C)C.Cc1cc2nc(C(C)C)c3c(C)ncn3c2cc1C.[W].[W].[W]. The van der Waals surface area contributed by atoms with E-state index in [1.165, 1.54) is 44.5 Å². The van der Waals surface area contributed by atoms with Gasteiger partial charge in [0.15, 0.2) is 0 Å². The third-order valence-corrected chi connectivity index (χ3v) is 14.3. The van der Waals surface area contributed by atoms with Gasteiger partial charge in [0, 0.05) is 79.7 Å². The van der Waals surface area contributed by atoms with Crippen molar-refractivity contribution in [3.05, 3.63) is 165 Å². The third-order valence-electron chi connectivity index (χ3n) is 14.3. The minimum absolute atomic E-state index is 0. The first kappa shape index (κ1) is 59.7. The van der Waals surface area contributed by atoms with Crippen molar-refractivity contribution in [1.29, 1.82) is 0 Å². The Morgan fingerprint density at radius 2 is 0.697 bits per heavy atom. The monoisotopic (exact) mass is 1520 g/mol. The van der Waals surface area contributed by atoms with E-state index in [9.17, 15) is 0 Å². The summed E-state index contributed by atoms with van der Waals surface area (Å²) < 4.78 is 8.40. The fraction of sp³-hybridized carbons (Fsp3) is 0.344.